The molecule has 1 aliphatic rings. The van der Waals surface area contributed by atoms with E-state index in [-0.39, 0.29) is 5.56 Å². The highest BCUT2D eigenvalue weighted by Crippen LogP contribution is 2.28. The smallest absolute Gasteiger partial charge is 0.143 e. The molecule has 3 nitrogen and oxygen atoms in total. The van der Waals surface area contributed by atoms with Crippen molar-refractivity contribution >= 4 is 11.4 Å². The molecule has 0 atom stereocenters. The molecule has 2 rings (SSSR count). The van der Waals surface area contributed by atoms with E-state index in [0.717, 1.165) is 31.6 Å². The largest absolute Gasteiger partial charge is 0.397 e. The number of hydrogen-bond acceptors (Lipinski definition) is 3. The lowest BCUT2D eigenvalue weighted by atomic mass is 10.1. The Labute approximate surface area is 94.3 Å². The maximum Gasteiger partial charge on any atom is 0.143 e. The third kappa shape index (κ3) is 1.94. The van der Waals surface area contributed by atoms with E-state index in [4.69, 9.17) is 11.0 Å². The van der Waals surface area contributed by atoms with Gasteiger partial charge < -0.3 is 10.6 Å². The summed E-state index contributed by atoms with van der Waals surface area (Å²) in [5.74, 6) is -0.489. The van der Waals surface area contributed by atoms with Crippen molar-refractivity contribution in [2.75, 3.05) is 23.7 Å². The zero-order chi connectivity index (χ0) is 11.5. The fourth-order valence-corrected chi connectivity index (χ4v) is 2.07. The van der Waals surface area contributed by atoms with Crippen LogP contribution in [0.4, 0.5) is 15.8 Å². The molecule has 4 heteroatoms. The topological polar surface area (TPSA) is 53.1 Å². The maximum atomic E-state index is 13.5. The fourth-order valence-electron chi connectivity index (χ4n) is 2.07. The highest BCUT2D eigenvalue weighted by Gasteiger charge is 2.16. The number of rotatable bonds is 1. The van der Waals surface area contributed by atoms with Crippen LogP contribution in [0.2, 0.25) is 0 Å². The van der Waals surface area contributed by atoms with Crippen LogP contribution < -0.4 is 10.6 Å². The number of hydrogen-bond donors (Lipinski definition) is 1. The van der Waals surface area contributed by atoms with Gasteiger partial charge in [0.15, 0.2) is 0 Å². The highest BCUT2D eigenvalue weighted by atomic mass is 19.1. The van der Waals surface area contributed by atoms with Gasteiger partial charge in [0.25, 0.3) is 0 Å². The van der Waals surface area contributed by atoms with Crippen molar-refractivity contribution in [2.45, 2.75) is 19.3 Å². The van der Waals surface area contributed by atoms with E-state index in [1.807, 2.05) is 0 Å². The van der Waals surface area contributed by atoms with Crippen molar-refractivity contribution < 1.29 is 4.39 Å². The second-order valence-electron chi connectivity index (χ2n) is 4.05. The van der Waals surface area contributed by atoms with Gasteiger partial charge in [0, 0.05) is 19.2 Å². The summed E-state index contributed by atoms with van der Waals surface area (Å²) in [4.78, 5) is 2.09. The van der Waals surface area contributed by atoms with Crippen molar-refractivity contribution in [1.29, 1.82) is 5.26 Å². The van der Waals surface area contributed by atoms with E-state index >= 15 is 0 Å². The summed E-state index contributed by atoms with van der Waals surface area (Å²) in [7, 11) is 0. The zero-order valence-electron chi connectivity index (χ0n) is 9.04. The van der Waals surface area contributed by atoms with Gasteiger partial charge in [-0.3, -0.25) is 0 Å². The van der Waals surface area contributed by atoms with Gasteiger partial charge in [-0.15, -0.1) is 0 Å². The number of benzene rings is 1. The monoisotopic (exact) mass is 219 g/mol. The minimum Gasteiger partial charge on any atom is -0.397 e. The summed E-state index contributed by atoms with van der Waals surface area (Å²) in [6.45, 7) is 1.82. The van der Waals surface area contributed by atoms with Crippen molar-refractivity contribution in [3.8, 4) is 6.07 Å². The van der Waals surface area contributed by atoms with Gasteiger partial charge in [0.05, 0.1) is 16.9 Å². The van der Waals surface area contributed by atoms with Gasteiger partial charge in [-0.1, -0.05) is 0 Å². The number of nitrogen functional groups attached to an aromatic ring is 1. The molecular weight excluding hydrogens is 205 g/mol. The Morgan fingerprint density at radius 2 is 1.94 bits per heavy atom. The molecule has 0 aliphatic carbocycles. The first-order valence-electron chi connectivity index (χ1n) is 5.46. The van der Waals surface area contributed by atoms with E-state index in [1.165, 1.54) is 18.6 Å². The van der Waals surface area contributed by atoms with Crippen molar-refractivity contribution in [3.05, 3.63) is 23.5 Å². The van der Waals surface area contributed by atoms with Crippen LogP contribution in [0.15, 0.2) is 12.1 Å². The summed E-state index contributed by atoms with van der Waals surface area (Å²) in [5.41, 5.74) is 7.05. The molecule has 0 unspecified atom stereocenters. The maximum absolute atomic E-state index is 13.5. The number of nitrogens with zero attached hydrogens (tertiary/aromatic N) is 2. The summed E-state index contributed by atoms with van der Waals surface area (Å²) in [5, 5.41) is 8.68. The third-order valence-electron chi connectivity index (χ3n) is 2.93. The van der Waals surface area contributed by atoms with E-state index < -0.39 is 5.82 Å². The quantitative estimate of drug-likeness (QED) is 0.737. The average Bonchev–Trinajstić information content (AvgIpc) is 2.32. The Kier molecular flexibility index (Phi) is 2.95. The summed E-state index contributed by atoms with van der Waals surface area (Å²) < 4.78 is 13.5. The summed E-state index contributed by atoms with van der Waals surface area (Å²) >= 11 is 0. The molecule has 1 saturated heterocycles. The predicted octanol–water partition coefficient (Wildman–Crippen LogP) is 2.27. The molecule has 0 aromatic heterocycles. The standard InChI is InChI=1S/C12H14FN3/c13-10-7-12(11(15)6-9(10)8-14)16-4-2-1-3-5-16/h6-7H,1-5,15H2. The molecule has 1 aromatic rings. The highest BCUT2D eigenvalue weighted by molar-refractivity contribution is 5.70. The number of nitriles is 1. The second-order valence-corrected chi connectivity index (χ2v) is 4.05. The molecule has 0 saturated carbocycles. The molecule has 1 fully saturated rings. The predicted molar refractivity (Wildman–Crippen MR) is 61.6 cm³/mol. The SMILES string of the molecule is N#Cc1cc(N)c(N2CCCCC2)cc1F. The first-order chi connectivity index (χ1) is 7.72. The van der Waals surface area contributed by atoms with Crippen molar-refractivity contribution in [2.24, 2.45) is 0 Å². The lowest BCUT2D eigenvalue weighted by Gasteiger charge is -2.29. The van der Waals surface area contributed by atoms with Crippen LogP contribution in [0.3, 0.4) is 0 Å². The van der Waals surface area contributed by atoms with E-state index in [2.05, 4.69) is 4.90 Å². The molecule has 16 heavy (non-hydrogen) atoms. The Balaban J connectivity index is 2.34. The Morgan fingerprint density at radius 3 is 2.56 bits per heavy atom. The summed E-state index contributed by atoms with van der Waals surface area (Å²) in [6, 6.07) is 4.58. The molecule has 1 heterocycles. The van der Waals surface area contributed by atoms with Crippen molar-refractivity contribution in [3.63, 3.8) is 0 Å². The van der Waals surface area contributed by atoms with Gasteiger partial charge in [-0.05, 0) is 25.3 Å². The molecule has 84 valence electrons. The number of piperidine rings is 1. The normalized spacial score (nSPS) is 15.9. The molecule has 0 spiro atoms. The molecule has 0 bridgehead atoms. The molecule has 0 amide bonds. The van der Waals surface area contributed by atoms with Gasteiger partial charge in [-0.25, -0.2) is 4.39 Å². The van der Waals surface area contributed by atoms with Crippen LogP contribution in [-0.2, 0) is 0 Å². The van der Waals surface area contributed by atoms with Crippen LogP contribution in [-0.4, -0.2) is 13.1 Å². The van der Waals surface area contributed by atoms with Gasteiger partial charge in [-0.2, -0.15) is 5.26 Å². The van der Waals surface area contributed by atoms with Crippen LogP contribution in [0.5, 0.6) is 0 Å². The summed E-state index contributed by atoms with van der Waals surface area (Å²) in [6.07, 6.45) is 3.44. The Morgan fingerprint density at radius 1 is 1.25 bits per heavy atom. The van der Waals surface area contributed by atoms with Gasteiger partial charge >= 0.3 is 0 Å². The molecule has 0 radical (unpaired) electrons. The van der Waals surface area contributed by atoms with Crippen LogP contribution >= 0.6 is 0 Å². The first-order valence-corrected chi connectivity index (χ1v) is 5.46. The van der Waals surface area contributed by atoms with Crippen LogP contribution in [0.25, 0.3) is 0 Å². The lowest BCUT2D eigenvalue weighted by molar-refractivity contribution is 0.574. The fraction of sp³-hybridized carbons (Fsp3) is 0.417. The minimum atomic E-state index is -0.489. The van der Waals surface area contributed by atoms with Gasteiger partial charge in [0.1, 0.15) is 11.9 Å². The molecule has 1 aromatic carbocycles. The van der Waals surface area contributed by atoms with Gasteiger partial charge in [0.2, 0.25) is 0 Å². The lowest BCUT2D eigenvalue weighted by Crippen LogP contribution is -2.30. The van der Waals surface area contributed by atoms with E-state index in [0.29, 0.717) is 5.69 Å². The Bertz CT molecular complexity index is 431. The number of halogens is 1. The average molecular weight is 219 g/mol. The van der Waals surface area contributed by atoms with Crippen LogP contribution in [0, 0.1) is 17.1 Å². The second kappa shape index (κ2) is 4.40. The zero-order valence-corrected chi connectivity index (χ0v) is 9.04. The van der Waals surface area contributed by atoms with Crippen molar-refractivity contribution in [1.82, 2.24) is 0 Å². The molecule has 2 N–H and O–H groups in total. The van der Waals surface area contributed by atoms with E-state index in [9.17, 15) is 4.39 Å². The Hall–Kier alpha value is -1.76. The minimum absolute atomic E-state index is 0.0123. The first kappa shape index (κ1) is 10.7. The van der Waals surface area contributed by atoms with E-state index in [1.54, 1.807) is 6.07 Å². The third-order valence-corrected chi connectivity index (χ3v) is 2.93. The molecule has 1 aliphatic heterocycles. The number of nitrogens with two attached hydrogens (primary N) is 1. The number of anilines is 2. The molecular formula is C12H14FN3. The van der Waals surface area contributed by atoms with Crippen LogP contribution in [0.1, 0.15) is 24.8 Å².